The van der Waals surface area contributed by atoms with Crippen molar-refractivity contribution in [1.82, 2.24) is 0 Å². The number of aliphatic hydroxyl groups is 1. The van der Waals surface area contributed by atoms with Crippen molar-refractivity contribution in [2.75, 3.05) is 12.0 Å². The SMILES string of the molecule is COc1cc(C=O)c2c(c1O)N(C(C)=O)C(O)C2. The van der Waals surface area contributed by atoms with E-state index in [1.54, 1.807) is 0 Å². The van der Waals surface area contributed by atoms with E-state index in [1.165, 1.54) is 20.1 Å². The molecule has 1 aromatic carbocycles. The number of hydrogen-bond donors (Lipinski definition) is 2. The number of fused-ring (bicyclic) bond motifs is 1. The van der Waals surface area contributed by atoms with E-state index >= 15 is 0 Å². The predicted molar refractivity (Wildman–Crippen MR) is 62.9 cm³/mol. The van der Waals surface area contributed by atoms with E-state index in [0.29, 0.717) is 17.4 Å². The van der Waals surface area contributed by atoms with Gasteiger partial charge < -0.3 is 14.9 Å². The lowest BCUT2D eigenvalue weighted by Gasteiger charge is -2.21. The largest absolute Gasteiger partial charge is 0.503 e. The average Bonchev–Trinajstić information content (AvgIpc) is 2.67. The van der Waals surface area contributed by atoms with Crippen LogP contribution in [0.3, 0.4) is 0 Å². The number of aldehydes is 1. The van der Waals surface area contributed by atoms with Gasteiger partial charge in [-0.05, 0) is 11.6 Å². The summed E-state index contributed by atoms with van der Waals surface area (Å²) in [7, 11) is 1.35. The van der Waals surface area contributed by atoms with Crippen LogP contribution in [0.25, 0.3) is 0 Å². The Morgan fingerprint density at radius 3 is 2.78 bits per heavy atom. The quantitative estimate of drug-likeness (QED) is 0.745. The monoisotopic (exact) mass is 251 g/mol. The summed E-state index contributed by atoms with van der Waals surface area (Å²) in [6.45, 7) is 1.28. The van der Waals surface area contributed by atoms with Gasteiger partial charge in [-0.1, -0.05) is 0 Å². The fourth-order valence-electron chi connectivity index (χ4n) is 2.22. The van der Waals surface area contributed by atoms with Crippen LogP contribution < -0.4 is 9.64 Å². The number of aromatic hydroxyl groups is 1. The number of amides is 1. The van der Waals surface area contributed by atoms with Crippen molar-refractivity contribution in [1.29, 1.82) is 0 Å². The van der Waals surface area contributed by atoms with Crippen LogP contribution >= 0.6 is 0 Å². The van der Waals surface area contributed by atoms with Crippen LogP contribution in [0.1, 0.15) is 22.8 Å². The maximum atomic E-state index is 11.5. The minimum atomic E-state index is -1.07. The molecule has 1 atom stereocenters. The van der Waals surface area contributed by atoms with Crippen LogP contribution in [0.2, 0.25) is 0 Å². The number of ether oxygens (including phenoxy) is 1. The topological polar surface area (TPSA) is 87.1 Å². The van der Waals surface area contributed by atoms with Crippen LogP contribution in [0.15, 0.2) is 6.07 Å². The van der Waals surface area contributed by atoms with Gasteiger partial charge in [-0.3, -0.25) is 14.5 Å². The summed E-state index contributed by atoms with van der Waals surface area (Å²) in [6, 6.07) is 1.39. The molecule has 0 bridgehead atoms. The Kier molecular flexibility index (Phi) is 2.96. The molecule has 18 heavy (non-hydrogen) atoms. The van der Waals surface area contributed by atoms with Crippen LogP contribution in [-0.4, -0.2) is 35.7 Å². The Morgan fingerprint density at radius 1 is 1.61 bits per heavy atom. The van der Waals surface area contributed by atoms with E-state index in [4.69, 9.17) is 4.74 Å². The number of nitrogens with zero attached hydrogens (tertiary/aromatic N) is 1. The van der Waals surface area contributed by atoms with E-state index in [9.17, 15) is 19.8 Å². The zero-order chi connectivity index (χ0) is 13.4. The van der Waals surface area contributed by atoms with E-state index in [2.05, 4.69) is 0 Å². The molecule has 1 unspecified atom stereocenters. The molecule has 2 rings (SSSR count). The number of phenols is 1. The third-order valence-electron chi connectivity index (χ3n) is 2.99. The third-order valence-corrected chi connectivity index (χ3v) is 2.99. The number of rotatable bonds is 2. The van der Waals surface area contributed by atoms with E-state index in [1.807, 2.05) is 0 Å². The van der Waals surface area contributed by atoms with Crippen molar-refractivity contribution >= 4 is 17.9 Å². The number of methoxy groups -OCH3 is 1. The maximum Gasteiger partial charge on any atom is 0.226 e. The van der Waals surface area contributed by atoms with Crippen LogP contribution in [0, 0.1) is 0 Å². The number of carbonyl (C=O) groups excluding carboxylic acids is 2. The Bertz CT molecular complexity index is 526. The number of anilines is 1. The normalized spacial score (nSPS) is 17.5. The van der Waals surface area contributed by atoms with E-state index in [0.717, 1.165) is 4.90 Å². The zero-order valence-electron chi connectivity index (χ0n) is 10.0. The molecule has 0 spiro atoms. The smallest absolute Gasteiger partial charge is 0.226 e. The van der Waals surface area contributed by atoms with Crippen molar-refractivity contribution < 1.29 is 24.5 Å². The van der Waals surface area contributed by atoms with Crippen molar-refractivity contribution in [3.8, 4) is 11.5 Å². The molecule has 2 N–H and O–H groups in total. The van der Waals surface area contributed by atoms with Crippen molar-refractivity contribution in [2.24, 2.45) is 0 Å². The molecule has 1 heterocycles. The first-order chi connectivity index (χ1) is 8.51. The second kappa shape index (κ2) is 4.30. The first kappa shape index (κ1) is 12.4. The van der Waals surface area contributed by atoms with Gasteiger partial charge in [0.2, 0.25) is 5.91 Å². The first-order valence-electron chi connectivity index (χ1n) is 5.37. The van der Waals surface area contributed by atoms with Crippen LogP contribution in [0.5, 0.6) is 11.5 Å². The fourth-order valence-corrected chi connectivity index (χ4v) is 2.22. The number of aliphatic hydroxyl groups excluding tert-OH is 1. The van der Waals surface area contributed by atoms with Crippen molar-refractivity contribution in [2.45, 2.75) is 19.6 Å². The molecular formula is C12H13NO5. The Labute approximate surface area is 103 Å². The molecule has 6 heteroatoms. The van der Waals surface area contributed by atoms with Gasteiger partial charge >= 0.3 is 0 Å². The number of phenolic OH excluding ortho intramolecular Hbond substituents is 1. The van der Waals surface area contributed by atoms with E-state index in [-0.39, 0.29) is 23.6 Å². The van der Waals surface area contributed by atoms with Crippen LogP contribution in [0.4, 0.5) is 5.69 Å². The molecule has 1 amide bonds. The predicted octanol–water partition coefficient (Wildman–Crippen LogP) is 0.441. The lowest BCUT2D eigenvalue weighted by Crippen LogP contribution is -2.35. The standard InChI is InChI=1S/C12H13NO5/c1-6(15)13-10(16)4-8-7(5-14)3-9(18-2)12(17)11(8)13/h3,5,10,16-17H,4H2,1-2H3. The van der Waals surface area contributed by atoms with E-state index < -0.39 is 12.1 Å². The highest BCUT2D eigenvalue weighted by atomic mass is 16.5. The molecule has 1 aromatic rings. The number of carbonyl (C=O) groups is 2. The summed E-state index contributed by atoms with van der Waals surface area (Å²) >= 11 is 0. The van der Waals surface area contributed by atoms with Gasteiger partial charge in [0.1, 0.15) is 6.23 Å². The molecule has 1 aliphatic heterocycles. The highest BCUT2D eigenvalue weighted by Gasteiger charge is 2.36. The molecule has 0 aliphatic carbocycles. The Hall–Kier alpha value is -2.08. The molecule has 1 aliphatic rings. The van der Waals surface area contributed by atoms with Crippen molar-refractivity contribution in [3.63, 3.8) is 0 Å². The lowest BCUT2D eigenvalue weighted by molar-refractivity contribution is -0.118. The van der Waals surface area contributed by atoms with Crippen LogP contribution in [-0.2, 0) is 11.2 Å². The molecule has 6 nitrogen and oxygen atoms in total. The van der Waals surface area contributed by atoms with Gasteiger partial charge in [-0.15, -0.1) is 0 Å². The van der Waals surface area contributed by atoms with Gasteiger partial charge in [0.05, 0.1) is 12.8 Å². The summed E-state index contributed by atoms with van der Waals surface area (Å²) in [5, 5.41) is 19.8. The third kappa shape index (κ3) is 1.62. The number of benzene rings is 1. The van der Waals surface area contributed by atoms with Gasteiger partial charge in [0, 0.05) is 18.9 Å². The van der Waals surface area contributed by atoms with Gasteiger partial charge in [-0.25, -0.2) is 0 Å². The summed E-state index contributed by atoms with van der Waals surface area (Å²) in [4.78, 5) is 23.6. The van der Waals surface area contributed by atoms with Gasteiger partial charge in [0.15, 0.2) is 17.8 Å². The maximum absolute atomic E-state index is 11.5. The first-order valence-corrected chi connectivity index (χ1v) is 5.37. The lowest BCUT2D eigenvalue weighted by atomic mass is 10.0. The average molecular weight is 251 g/mol. The van der Waals surface area contributed by atoms with Gasteiger partial charge in [-0.2, -0.15) is 0 Å². The summed E-state index contributed by atoms with van der Waals surface area (Å²) in [5.41, 5.74) is 0.893. The molecular weight excluding hydrogens is 238 g/mol. The Morgan fingerprint density at radius 2 is 2.28 bits per heavy atom. The Balaban J connectivity index is 2.72. The summed E-state index contributed by atoms with van der Waals surface area (Å²) < 4.78 is 4.95. The minimum absolute atomic E-state index is 0.0937. The molecule has 96 valence electrons. The highest BCUT2D eigenvalue weighted by molar-refractivity contribution is 5.99. The molecule has 0 radical (unpaired) electrons. The summed E-state index contributed by atoms with van der Waals surface area (Å²) in [5.74, 6) is -0.567. The number of hydrogen-bond acceptors (Lipinski definition) is 5. The second-order valence-electron chi connectivity index (χ2n) is 4.04. The minimum Gasteiger partial charge on any atom is -0.503 e. The summed E-state index contributed by atoms with van der Waals surface area (Å²) in [6.07, 6.45) is -0.355. The highest BCUT2D eigenvalue weighted by Crippen LogP contribution is 2.46. The molecule has 0 fully saturated rings. The van der Waals surface area contributed by atoms with Crippen molar-refractivity contribution in [3.05, 3.63) is 17.2 Å². The second-order valence-corrected chi connectivity index (χ2v) is 4.04. The molecule has 0 aromatic heterocycles. The fraction of sp³-hybridized carbons (Fsp3) is 0.333. The van der Waals surface area contributed by atoms with Gasteiger partial charge in [0.25, 0.3) is 0 Å². The molecule has 0 saturated heterocycles. The molecule has 0 saturated carbocycles. The zero-order valence-corrected chi connectivity index (χ0v) is 10.0.